The van der Waals surface area contributed by atoms with Crippen molar-refractivity contribution in [1.82, 2.24) is 30.6 Å². The van der Waals surface area contributed by atoms with E-state index in [-0.39, 0.29) is 101 Å². The Kier molecular flexibility index (Phi) is 26.9. The number of carboxylic acids is 1. The molecule has 6 aromatic rings. The van der Waals surface area contributed by atoms with Gasteiger partial charge in [0.25, 0.3) is 0 Å². The monoisotopic (exact) mass is 1270 g/mol. The first kappa shape index (κ1) is 71.7. The molecule has 2 aliphatic rings. The molecule has 20 nitrogen and oxygen atoms in total. The third-order valence-electron chi connectivity index (χ3n) is 16.6. The summed E-state index contributed by atoms with van der Waals surface area (Å²) in [6, 6.07) is 16.1. The molecule has 91 heavy (non-hydrogen) atoms. The van der Waals surface area contributed by atoms with Crippen LogP contribution in [0.5, 0.6) is 11.5 Å². The smallest absolute Gasteiger partial charge is 0.340 e. The maximum Gasteiger partial charge on any atom is 0.340 e. The van der Waals surface area contributed by atoms with Crippen LogP contribution in [0.2, 0.25) is 0 Å². The first-order valence-electron chi connectivity index (χ1n) is 31.2. The molecule has 0 bridgehead atoms. The molecule has 0 aliphatic heterocycles. The van der Waals surface area contributed by atoms with Gasteiger partial charge < -0.3 is 39.9 Å². The third kappa shape index (κ3) is 20.6. The minimum atomic E-state index is -1.04. The number of rotatable bonds is 27. The quantitative estimate of drug-likeness (QED) is 0.0182. The molecule has 488 valence electrons. The van der Waals surface area contributed by atoms with E-state index in [4.69, 9.17) is 30.9 Å². The summed E-state index contributed by atoms with van der Waals surface area (Å²) < 4.78 is 16.1. The molecule has 2 saturated carbocycles. The molecule has 21 heteroatoms. The van der Waals surface area contributed by atoms with E-state index in [9.17, 15) is 47.9 Å². The van der Waals surface area contributed by atoms with Crippen LogP contribution in [0.1, 0.15) is 182 Å². The lowest BCUT2D eigenvalue weighted by molar-refractivity contribution is -0.133. The van der Waals surface area contributed by atoms with Crippen LogP contribution in [0, 0.1) is 63.2 Å². The zero-order chi connectivity index (χ0) is 66.6. The lowest BCUT2D eigenvalue weighted by Crippen LogP contribution is -2.47. The largest absolute Gasteiger partial charge is 0.496 e. The van der Waals surface area contributed by atoms with Crippen LogP contribution >= 0.6 is 11.6 Å². The maximum absolute atomic E-state index is 13.7. The van der Waals surface area contributed by atoms with Crippen molar-refractivity contribution in [3.8, 4) is 11.5 Å². The number of methoxy groups -OCH3 is 2. The average molecular weight is 1270 g/mol. The van der Waals surface area contributed by atoms with Gasteiger partial charge in [0.15, 0.2) is 29.7 Å². The fourth-order valence-corrected chi connectivity index (χ4v) is 12.0. The number of Topliss-reactive ketones (excluding diaryl/α,β-unsaturated/α-hetero) is 6. The van der Waals surface area contributed by atoms with Gasteiger partial charge in [-0.2, -0.15) is 0 Å². The number of aromatic carboxylic acids is 1. The van der Waals surface area contributed by atoms with Crippen molar-refractivity contribution in [2.24, 2.45) is 35.5 Å². The topological polar surface area (TPSA) is 300 Å². The Labute approximate surface area is 536 Å². The number of hydrogen-bond donors (Lipinski definition) is 5. The van der Waals surface area contributed by atoms with E-state index < -0.39 is 54.2 Å². The van der Waals surface area contributed by atoms with Crippen LogP contribution in [0.25, 0.3) is 21.8 Å². The van der Waals surface area contributed by atoms with Crippen LogP contribution in [-0.2, 0) is 33.5 Å². The average Bonchev–Trinajstić information content (AvgIpc) is 1.75. The summed E-state index contributed by atoms with van der Waals surface area (Å²) in [6.07, 6.45) is 9.79. The van der Waals surface area contributed by atoms with Gasteiger partial charge in [-0.15, -0.1) is 11.6 Å². The number of esters is 1. The molecular weight excluding hydrogens is 1180 g/mol. The van der Waals surface area contributed by atoms with Gasteiger partial charge in [0.2, 0.25) is 11.8 Å². The van der Waals surface area contributed by atoms with E-state index in [1.807, 2.05) is 77.9 Å². The standard InChI is InChI=1S/C35H43N3O7.C27H35ClN2O5.C8H9NO2/c1-20(2)13-24(16-31(40)29-17-25-27(37-29)10-8-12-33(25)44-5)34(42)38-28(15-23-9-6-7-11-30(23)39)32(41)19-45-35(43)26-18-36-22(4)14-21(26)3;1-16(2)11-18(13-24(32)22-14-19-20(29-22)8-6-10-26(19)35-3)27(34)30-21(25(33)15-28)12-17-7-4-5-9-23(17)31;1-5-3-6(2)9-4-7(5)8(10)11/h8,10,12,14,17-18,20,23-24,28,37H,6-7,9,11,13,15-16,19H2,1-5H3,(H,38,42);6,8,10,14,16-18,21,29H,4-5,7,9,11-13,15H2,1-3H3,(H,30,34);3-4H,1-2H3,(H,10,11)/t23-,24+,28-;17-,18+,21-;/m00./s1. The van der Waals surface area contributed by atoms with Gasteiger partial charge in [0.05, 0.1) is 54.7 Å². The lowest BCUT2D eigenvalue weighted by Gasteiger charge is -2.27. The number of benzene rings is 2. The molecule has 8 rings (SSSR count). The van der Waals surface area contributed by atoms with Crippen LogP contribution < -0.4 is 20.1 Å². The van der Waals surface area contributed by atoms with Gasteiger partial charge in [-0.3, -0.25) is 48.3 Å². The summed E-state index contributed by atoms with van der Waals surface area (Å²) in [7, 11) is 3.14. The number of nitrogens with one attached hydrogen (secondary N) is 4. The molecule has 4 heterocycles. The Balaban J connectivity index is 0.000000253. The van der Waals surface area contributed by atoms with Gasteiger partial charge in [0.1, 0.15) is 23.1 Å². The van der Waals surface area contributed by atoms with Crippen molar-refractivity contribution in [2.45, 2.75) is 157 Å². The number of amides is 2. The predicted octanol–water partition coefficient (Wildman–Crippen LogP) is 11.7. The zero-order valence-corrected chi connectivity index (χ0v) is 54.6. The Hall–Kier alpha value is -8.39. The molecule has 2 fully saturated rings. The molecule has 0 unspecified atom stereocenters. The number of carboxylic acid groups (broad SMARTS) is 1. The second-order valence-corrected chi connectivity index (χ2v) is 25.0. The number of ketones is 6. The highest BCUT2D eigenvalue weighted by Gasteiger charge is 2.35. The number of carbonyl (C=O) groups is 10. The molecule has 4 aromatic heterocycles. The molecular formula is C70H87ClN6O14. The van der Waals surface area contributed by atoms with Crippen LogP contribution in [0.15, 0.2) is 73.1 Å². The molecule has 0 saturated heterocycles. The minimum Gasteiger partial charge on any atom is -0.496 e. The van der Waals surface area contributed by atoms with Crippen LogP contribution in [-0.4, -0.2) is 122 Å². The van der Waals surface area contributed by atoms with Crippen molar-refractivity contribution in [3.63, 3.8) is 0 Å². The predicted molar refractivity (Wildman–Crippen MR) is 346 cm³/mol. The first-order valence-corrected chi connectivity index (χ1v) is 31.8. The molecule has 2 amide bonds. The fraction of sp³-hybridized carbons (Fsp3) is 0.486. The van der Waals surface area contributed by atoms with Crippen molar-refractivity contribution in [3.05, 3.63) is 118 Å². The summed E-state index contributed by atoms with van der Waals surface area (Å²) >= 11 is 5.82. The van der Waals surface area contributed by atoms with Gasteiger partial charge in [0, 0.05) is 94.9 Å². The molecule has 2 aliphatic carbocycles. The Morgan fingerprint density at radius 1 is 0.615 bits per heavy atom. The number of carbonyl (C=O) groups excluding carboxylic acids is 9. The number of aryl methyl sites for hydroxylation is 4. The van der Waals surface area contributed by atoms with Crippen molar-refractivity contribution >= 4 is 91.9 Å². The highest BCUT2D eigenvalue weighted by atomic mass is 35.5. The van der Waals surface area contributed by atoms with E-state index in [0.717, 1.165) is 70.9 Å². The van der Waals surface area contributed by atoms with E-state index in [2.05, 4.69) is 30.6 Å². The van der Waals surface area contributed by atoms with Crippen molar-refractivity contribution < 1.29 is 67.3 Å². The Morgan fingerprint density at radius 3 is 1.43 bits per heavy atom. The molecule has 0 radical (unpaired) electrons. The highest BCUT2D eigenvalue weighted by molar-refractivity contribution is 6.28. The first-order chi connectivity index (χ1) is 43.3. The normalized spacial score (nSPS) is 16.1. The second kappa shape index (κ2) is 34.2. The van der Waals surface area contributed by atoms with E-state index in [1.165, 1.54) is 12.4 Å². The lowest BCUT2D eigenvalue weighted by atomic mass is 9.82. The number of alkyl halides is 1. The summed E-state index contributed by atoms with van der Waals surface area (Å²) in [6.45, 7) is 14.5. The maximum atomic E-state index is 13.7. The summed E-state index contributed by atoms with van der Waals surface area (Å²) in [5.41, 5.74) is 5.84. The number of nitrogens with zero attached hydrogens (tertiary/aromatic N) is 2. The van der Waals surface area contributed by atoms with Gasteiger partial charge in [-0.1, -0.05) is 52.7 Å². The number of halogens is 1. The SMILES string of the molecule is COc1cccc2[nH]c(C(=O)C[C@@H](CC(C)C)C(=O)N[C@@H](C[C@@H]3CCCCC3=O)C(=O)CCl)cc12.COc1cccc2[nH]c(C(=O)C[C@@H](CC(C)C)C(=O)N[C@@H](C[C@@H]3CCCCC3=O)C(=O)COC(=O)c3cnc(C)cc3C)cc12.Cc1cc(C)c(C(=O)O)cn1. The minimum absolute atomic E-state index is 0.00327. The van der Waals surface area contributed by atoms with Gasteiger partial charge in [-0.25, -0.2) is 9.59 Å². The van der Waals surface area contributed by atoms with Crippen molar-refractivity contribution in [2.75, 3.05) is 26.7 Å². The fourth-order valence-electron chi connectivity index (χ4n) is 11.8. The van der Waals surface area contributed by atoms with E-state index >= 15 is 0 Å². The second-order valence-electron chi connectivity index (χ2n) is 24.8. The molecule has 2 aromatic carbocycles. The van der Waals surface area contributed by atoms with Gasteiger partial charge >= 0.3 is 11.9 Å². The molecule has 5 N–H and O–H groups in total. The Bertz CT molecular complexity index is 3610. The Morgan fingerprint density at radius 2 is 1.04 bits per heavy atom. The number of aromatic amines is 2. The van der Waals surface area contributed by atoms with Crippen LogP contribution in [0.4, 0.5) is 0 Å². The van der Waals surface area contributed by atoms with E-state index in [1.54, 1.807) is 52.3 Å². The number of fused-ring (bicyclic) bond motifs is 2. The summed E-state index contributed by atoms with van der Waals surface area (Å²) in [5.74, 6) is -4.08. The summed E-state index contributed by atoms with van der Waals surface area (Å²) in [4.78, 5) is 142. The number of pyridine rings is 2. The van der Waals surface area contributed by atoms with E-state index in [0.29, 0.717) is 60.6 Å². The number of H-pyrrole nitrogens is 2. The highest BCUT2D eigenvalue weighted by Crippen LogP contribution is 2.32. The zero-order valence-electron chi connectivity index (χ0n) is 53.9. The number of aromatic nitrogens is 4. The number of ether oxygens (including phenoxy) is 3. The third-order valence-corrected chi connectivity index (χ3v) is 16.9. The van der Waals surface area contributed by atoms with Crippen LogP contribution in [0.3, 0.4) is 0 Å². The van der Waals surface area contributed by atoms with Crippen molar-refractivity contribution in [1.29, 1.82) is 0 Å². The number of hydrogen-bond acceptors (Lipinski definition) is 15. The summed E-state index contributed by atoms with van der Waals surface area (Å²) in [5, 5.41) is 15.9. The molecule has 0 spiro atoms. The van der Waals surface area contributed by atoms with Gasteiger partial charge in [-0.05, 0) is 151 Å². The molecule has 6 atom stereocenters.